The van der Waals surface area contributed by atoms with Gasteiger partial charge in [-0.3, -0.25) is 0 Å². The summed E-state index contributed by atoms with van der Waals surface area (Å²) >= 11 is 0. The summed E-state index contributed by atoms with van der Waals surface area (Å²) in [5, 5.41) is 5.50. The highest BCUT2D eigenvalue weighted by Crippen LogP contribution is 2.42. The van der Waals surface area contributed by atoms with E-state index in [0.717, 1.165) is 0 Å². The van der Waals surface area contributed by atoms with Crippen molar-refractivity contribution in [1.82, 2.24) is 5.01 Å². The molecule has 4 nitrogen and oxygen atoms in total. The van der Waals surface area contributed by atoms with Crippen LogP contribution in [-0.2, 0) is 0 Å². The average molecular weight is 228 g/mol. The molecular formula is C10H10F2N2O2. The first-order valence-corrected chi connectivity index (χ1v) is 4.58. The van der Waals surface area contributed by atoms with Gasteiger partial charge in [-0.1, -0.05) is 6.07 Å². The molecule has 0 spiro atoms. The Morgan fingerprint density at radius 3 is 2.75 bits per heavy atom. The SMILES string of the molecule is CN(C)/N=C/c1cccc2c1OC(F)(F)O2. The third kappa shape index (κ3) is 2.05. The maximum atomic E-state index is 12.8. The van der Waals surface area contributed by atoms with E-state index in [1.165, 1.54) is 12.3 Å². The van der Waals surface area contributed by atoms with Crippen molar-refractivity contribution in [3.63, 3.8) is 0 Å². The van der Waals surface area contributed by atoms with Gasteiger partial charge in [-0.2, -0.15) is 5.10 Å². The van der Waals surface area contributed by atoms with Crippen molar-refractivity contribution in [3.05, 3.63) is 23.8 Å². The highest BCUT2D eigenvalue weighted by atomic mass is 19.3. The van der Waals surface area contributed by atoms with E-state index in [1.54, 1.807) is 31.2 Å². The normalized spacial score (nSPS) is 16.8. The van der Waals surface area contributed by atoms with Crippen molar-refractivity contribution in [1.29, 1.82) is 0 Å². The van der Waals surface area contributed by atoms with Gasteiger partial charge in [-0.15, -0.1) is 8.78 Å². The average Bonchev–Trinajstić information content (AvgIpc) is 2.48. The van der Waals surface area contributed by atoms with Crippen LogP contribution >= 0.6 is 0 Å². The quantitative estimate of drug-likeness (QED) is 0.572. The number of nitrogens with zero attached hydrogens (tertiary/aromatic N) is 2. The summed E-state index contributed by atoms with van der Waals surface area (Å²) < 4.78 is 34.3. The summed E-state index contributed by atoms with van der Waals surface area (Å²) in [5.74, 6) is 0.0332. The second-order valence-corrected chi connectivity index (χ2v) is 3.43. The first-order valence-electron chi connectivity index (χ1n) is 4.58. The van der Waals surface area contributed by atoms with E-state index in [9.17, 15) is 8.78 Å². The highest BCUT2D eigenvalue weighted by Gasteiger charge is 2.44. The van der Waals surface area contributed by atoms with Crippen LogP contribution in [0.3, 0.4) is 0 Å². The zero-order valence-electron chi connectivity index (χ0n) is 8.78. The zero-order valence-corrected chi connectivity index (χ0v) is 8.78. The van der Waals surface area contributed by atoms with Gasteiger partial charge < -0.3 is 14.5 Å². The van der Waals surface area contributed by atoms with E-state index in [0.29, 0.717) is 5.56 Å². The lowest BCUT2D eigenvalue weighted by Gasteiger charge is -2.05. The Balaban J connectivity index is 2.34. The van der Waals surface area contributed by atoms with E-state index in [4.69, 9.17) is 0 Å². The summed E-state index contributed by atoms with van der Waals surface area (Å²) in [7, 11) is 3.46. The third-order valence-corrected chi connectivity index (χ3v) is 1.89. The van der Waals surface area contributed by atoms with Crippen LogP contribution < -0.4 is 9.47 Å². The Morgan fingerprint density at radius 1 is 1.31 bits per heavy atom. The number of hydrogen-bond donors (Lipinski definition) is 0. The molecule has 0 saturated carbocycles. The summed E-state index contributed by atoms with van der Waals surface area (Å²) in [4.78, 5) is 0. The first-order chi connectivity index (χ1) is 7.48. The maximum Gasteiger partial charge on any atom is 0.586 e. The third-order valence-electron chi connectivity index (χ3n) is 1.89. The van der Waals surface area contributed by atoms with Crippen LogP contribution in [-0.4, -0.2) is 31.6 Å². The van der Waals surface area contributed by atoms with Crippen molar-refractivity contribution >= 4 is 6.21 Å². The highest BCUT2D eigenvalue weighted by molar-refractivity contribution is 5.85. The Labute approximate surface area is 91.1 Å². The van der Waals surface area contributed by atoms with E-state index in [-0.39, 0.29) is 11.5 Å². The van der Waals surface area contributed by atoms with Crippen molar-refractivity contribution in [2.45, 2.75) is 6.29 Å². The maximum absolute atomic E-state index is 12.8. The molecule has 1 heterocycles. The van der Waals surface area contributed by atoms with Crippen molar-refractivity contribution < 1.29 is 18.3 Å². The second-order valence-electron chi connectivity index (χ2n) is 3.43. The molecule has 0 aromatic heterocycles. The number of alkyl halides is 2. The van der Waals surface area contributed by atoms with Gasteiger partial charge in [0, 0.05) is 19.7 Å². The minimum absolute atomic E-state index is 0.0121. The lowest BCUT2D eigenvalue weighted by atomic mass is 10.2. The predicted octanol–water partition coefficient (Wildman–Crippen LogP) is 1.90. The Bertz CT molecular complexity index is 433. The first kappa shape index (κ1) is 10.7. The van der Waals surface area contributed by atoms with Gasteiger partial charge in [0.15, 0.2) is 11.5 Å². The number of fused-ring (bicyclic) bond motifs is 1. The van der Waals surface area contributed by atoms with Crippen molar-refractivity contribution in [2.24, 2.45) is 5.10 Å². The van der Waals surface area contributed by atoms with Gasteiger partial charge in [-0.25, -0.2) is 0 Å². The molecule has 0 aliphatic carbocycles. The number of para-hydroxylation sites is 1. The van der Waals surface area contributed by atoms with Crippen LogP contribution in [0.2, 0.25) is 0 Å². The smallest absolute Gasteiger partial charge is 0.395 e. The molecule has 1 aliphatic heterocycles. The molecule has 0 fully saturated rings. The van der Waals surface area contributed by atoms with Gasteiger partial charge in [0.25, 0.3) is 0 Å². The standard InChI is InChI=1S/C10H10F2N2O2/c1-14(2)13-6-7-4-3-5-8-9(7)16-10(11,12)15-8/h3-6H,1-2H3/b13-6+. The molecule has 0 radical (unpaired) electrons. The fourth-order valence-corrected chi connectivity index (χ4v) is 1.27. The second kappa shape index (κ2) is 3.62. The molecule has 1 aliphatic rings. The molecule has 1 aromatic carbocycles. The minimum atomic E-state index is -3.59. The molecule has 16 heavy (non-hydrogen) atoms. The van der Waals surface area contributed by atoms with E-state index >= 15 is 0 Å². The Morgan fingerprint density at radius 2 is 2.06 bits per heavy atom. The number of benzene rings is 1. The monoisotopic (exact) mass is 228 g/mol. The fraction of sp³-hybridized carbons (Fsp3) is 0.300. The molecule has 0 atom stereocenters. The summed E-state index contributed by atoms with van der Waals surface area (Å²) in [6.45, 7) is 0. The van der Waals surface area contributed by atoms with E-state index in [1.807, 2.05) is 0 Å². The Kier molecular flexibility index (Phi) is 2.41. The number of rotatable bonds is 2. The number of halogens is 2. The molecule has 0 unspecified atom stereocenters. The van der Waals surface area contributed by atoms with Crippen LogP contribution in [0.1, 0.15) is 5.56 Å². The number of hydrogen-bond acceptors (Lipinski definition) is 4. The summed E-state index contributed by atoms with van der Waals surface area (Å²) in [6, 6.07) is 4.64. The van der Waals surface area contributed by atoms with Crippen LogP contribution in [0.15, 0.2) is 23.3 Å². The molecule has 86 valence electrons. The molecule has 0 bridgehead atoms. The van der Waals surface area contributed by atoms with Crippen molar-refractivity contribution in [2.75, 3.05) is 14.1 Å². The van der Waals surface area contributed by atoms with E-state index < -0.39 is 6.29 Å². The summed E-state index contributed by atoms with van der Waals surface area (Å²) in [6.07, 6.45) is -2.16. The minimum Gasteiger partial charge on any atom is -0.395 e. The molecule has 0 N–H and O–H groups in total. The zero-order chi connectivity index (χ0) is 11.8. The van der Waals surface area contributed by atoms with E-state index in [2.05, 4.69) is 14.6 Å². The van der Waals surface area contributed by atoms with Crippen LogP contribution in [0.25, 0.3) is 0 Å². The van der Waals surface area contributed by atoms with Gasteiger partial charge in [0.1, 0.15) is 0 Å². The molecule has 0 amide bonds. The van der Waals surface area contributed by atoms with Gasteiger partial charge >= 0.3 is 6.29 Å². The molecule has 2 rings (SSSR count). The largest absolute Gasteiger partial charge is 0.586 e. The Hall–Kier alpha value is -1.85. The van der Waals surface area contributed by atoms with Gasteiger partial charge in [0.2, 0.25) is 0 Å². The van der Waals surface area contributed by atoms with Crippen LogP contribution in [0.5, 0.6) is 11.5 Å². The molecule has 1 aromatic rings. The predicted molar refractivity (Wildman–Crippen MR) is 53.9 cm³/mol. The molecule has 6 heteroatoms. The van der Waals surface area contributed by atoms with Gasteiger partial charge in [0.05, 0.1) is 6.21 Å². The van der Waals surface area contributed by atoms with Crippen LogP contribution in [0, 0.1) is 0 Å². The fourth-order valence-electron chi connectivity index (χ4n) is 1.27. The molecule has 0 saturated heterocycles. The molecular weight excluding hydrogens is 218 g/mol. The van der Waals surface area contributed by atoms with Crippen LogP contribution in [0.4, 0.5) is 8.78 Å². The lowest BCUT2D eigenvalue weighted by molar-refractivity contribution is -0.286. The summed E-state index contributed by atoms with van der Waals surface area (Å²) in [5.41, 5.74) is 0.448. The topological polar surface area (TPSA) is 34.1 Å². The lowest BCUT2D eigenvalue weighted by Crippen LogP contribution is -2.26. The van der Waals surface area contributed by atoms with Crippen molar-refractivity contribution in [3.8, 4) is 11.5 Å². The number of hydrazone groups is 1. The van der Waals surface area contributed by atoms with Gasteiger partial charge in [-0.05, 0) is 12.1 Å². The number of ether oxygens (including phenoxy) is 2.